The van der Waals surface area contributed by atoms with Crippen molar-refractivity contribution in [2.24, 2.45) is 5.92 Å². The molecular formula is C14H26N2S. The van der Waals surface area contributed by atoms with Crippen molar-refractivity contribution in [3.8, 4) is 0 Å². The van der Waals surface area contributed by atoms with Crippen molar-refractivity contribution >= 4 is 11.3 Å². The monoisotopic (exact) mass is 254 g/mol. The van der Waals surface area contributed by atoms with Crippen LogP contribution in [0.25, 0.3) is 0 Å². The maximum atomic E-state index is 3.51. The van der Waals surface area contributed by atoms with E-state index in [4.69, 9.17) is 0 Å². The van der Waals surface area contributed by atoms with Gasteiger partial charge in [-0.15, -0.1) is 11.3 Å². The lowest BCUT2D eigenvalue weighted by atomic mass is 10.1. The van der Waals surface area contributed by atoms with Crippen LogP contribution < -0.4 is 5.32 Å². The maximum absolute atomic E-state index is 3.51. The summed E-state index contributed by atoms with van der Waals surface area (Å²) in [6.45, 7) is 10.2. The van der Waals surface area contributed by atoms with Crippen LogP contribution in [0.4, 0.5) is 0 Å². The Morgan fingerprint density at radius 2 is 2.06 bits per heavy atom. The normalized spacial score (nSPS) is 13.5. The first-order valence-electron chi connectivity index (χ1n) is 6.54. The SMILES string of the molecule is CC(C)C(C)N(C)CCNCCc1cccs1. The Kier molecular flexibility index (Phi) is 6.78. The third-order valence-corrected chi connectivity index (χ3v) is 4.37. The lowest BCUT2D eigenvalue weighted by molar-refractivity contribution is 0.209. The van der Waals surface area contributed by atoms with E-state index in [1.807, 2.05) is 11.3 Å². The first kappa shape index (κ1) is 14.7. The van der Waals surface area contributed by atoms with Crippen molar-refractivity contribution < 1.29 is 0 Å². The standard InChI is InChI=1S/C14H26N2S/c1-12(2)13(3)16(4)10-9-15-8-7-14-6-5-11-17-14/h5-6,11-13,15H,7-10H2,1-4H3. The summed E-state index contributed by atoms with van der Waals surface area (Å²) >= 11 is 1.85. The van der Waals surface area contributed by atoms with E-state index in [1.165, 1.54) is 4.88 Å². The molecule has 1 aromatic heterocycles. The first-order valence-corrected chi connectivity index (χ1v) is 7.42. The molecule has 17 heavy (non-hydrogen) atoms. The summed E-state index contributed by atoms with van der Waals surface area (Å²) in [5.41, 5.74) is 0. The Balaban J connectivity index is 2.04. The van der Waals surface area contributed by atoms with Gasteiger partial charge in [-0.2, -0.15) is 0 Å². The number of likely N-dealkylation sites (N-methyl/N-ethyl adjacent to an activating group) is 1. The van der Waals surface area contributed by atoms with Gasteiger partial charge >= 0.3 is 0 Å². The predicted molar refractivity (Wildman–Crippen MR) is 77.8 cm³/mol. The second kappa shape index (κ2) is 7.85. The molecule has 1 atom stereocenters. The Morgan fingerprint density at radius 3 is 2.65 bits per heavy atom. The minimum atomic E-state index is 0.661. The zero-order valence-electron chi connectivity index (χ0n) is 11.6. The highest BCUT2D eigenvalue weighted by atomic mass is 32.1. The van der Waals surface area contributed by atoms with E-state index in [0.29, 0.717) is 6.04 Å². The smallest absolute Gasteiger partial charge is 0.0107 e. The van der Waals surface area contributed by atoms with Gasteiger partial charge in [0.1, 0.15) is 0 Å². The molecule has 0 saturated carbocycles. The van der Waals surface area contributed by atoms with Gasteiger partial charge in [0.25, 0.3) is 0 Å². The summed E-state index contributed by atoms with van der Waals surface area (Å²) in [4.78, 5) is 3.91. The average Bonchev–Trinajstić information content (AvgIpc) is 2.80. The molecule has 98 valence electrons. The van der Waals surface area contributed by atoms with Gasteiger partial charge < -0.3 is 10.2 Å². The van der Waals surface area contributed by atoms with Crippen molar-refractivity contribution in [2.75, 3.05) is 26.7 Å². The molecule has 0 fully saturated rings. The Labute approximate surface area is 110 Å². The Morgan fingerprint density at radius 1 is 1.29 bits per heavy atom. The lowest BCUT2D eigenvalue weighted by Gasteiger charge is -2.27. The summed E-state index contributed by atoms with van der Waals surface area (Å²) < 4.78 is 0. The van der Waals surface area contributed by atoms with E-state index in [0.717, 1.165) is 32.0 Å². The third-order valence-electron chi connectivity index (χ3n) is 3.43. The molecule has 0 aliphatic heterocycles. The number of hydrogen-bond acceptors (Lipinski definition) is 3. The fraction of sp³-hybridized carbons (Fsp3) is 0.714. The van der Waals surface area contributed by atoms with Crippen molar-refractivity contribution in [3.05, 3.63) is 22.4 Å². The zero-order chi connectivity index (χ0) is 12.7. The quantitative estimate of drug-likeness (QED) is 0.718. The summed E-state index contributed by atoms with van der Waals surface area (Å²) in [7, 11) is 2.21. The van der Waals surface area contributed by atoms with Gasteiger partial charge in [0.2, 0.25) is 0 Å². The molecule has 1 unspecified atom stereocenters. The predicted octanol–water partition coefficient (Wildman–Crippen LogP) is 2.86. The van der Waals surface area contributed by atoms with Crippen LogP contribution in [0.1, 0.15) is 25.6 Å². The molecule has 0 spiro atoms. The van der Waals surface area contributed by atoms with Crippen molar-refractivity contribution in [1.82, 2.24) is 10.2 Å². The largest absolute Gasteiger partial charge is 0.315 e. The lowest BCUT2D eigenvalue weighted by Crippen LogP contribution is -2.38. The molecule has 1 rings (SSSR count). The molecule has 0 aromatic carbocycles. The number of nitrogens with zero attached hydrogens (tertiary/aromatic N) is 1. The highest BCUT2D eigenvalue weighted by Gasteiger charge is 2.11. The van der Waals surface area contributed by atoms with E-state index in [2.05, 4.69) is 55.5 Å². The fourth-order valence-corrected chi connectivity index (χ4v) is 2.47. The van der Waals surface area contributed by atoms with Gasteiger partial charge in [0.05, 0.1) is 0 Å². The molecule has 0 saturated heterocycles. The van der Waals surface area contributed by atoms with Crippen LogP contribution in [-0.4, -0.2) is 37.6 Å². The first-order chi connectivity index (χ1) is 8.11. The summed E-state index contributed by atoms with van der Waals surface area (Å²) in [5, 5.41) is 5.66. The van der Waals surface area contributed by atoms with Gasteiger partial charge in [-0.1, -0.05) is 19.9 Å². The molecule has 1 aromatic rings. The van der Waals surface area contributed by atoms with Gasteiger partial charge in [-0.05, 0) is 37.8 Å². The number of nitrogens with one attached hydrogen (secondary N) is 1. The minimum absolute atomic E-state index is 0.661. The van der Waals surface area contributed by atoms with E-state index >= 15 is 0 Å². The number of rotatable bonds is 8. The number of thiophene rings is 1. The van der Waals surface area contributed by atoms with Crippen LogP contribution in [0, 0.1) is 5.92 Å². The van der Waals surface area contributed by atoms with E-state index in [1.54, 1.807) is 0 Å². The molecule has 1 N–H and O–H groups in total. The Hall–Kier alpha value is -0.380. The number of hydrogen-bond donors (Lipinski definition) is 1. The van der Waals surface area contributed by atoms with E-state index < -0.39 is 0 Å². The summed E-state index contributed by atoms with van der Waals surface area (Å²) in [6.07, 6.45) is 1.15. The molecule has 0 amide bonds. The molecule has 0 radical (unpaired) electrons. The molecular weight excluding hydrogens is 228 g/mol. The average molecular weight is 254 g/mol. The molecule has 1 heterocycles. The molecule has 0 aliphatic rings. The van der Waals surface area contributed by atoms with E-state index in [-0.39, 0.29) is 0 Å². The highest BCUT2D eigenvalue weighted by Crippen LogP contribution is 2.08. The van der Waals surface area contributed by atoms with E-state index in [9.17, 15) is 0 Å². The zero-order valence-corrected chi connectivity index (χ0v) is 12.4. The van der Waals surface area contributed by atoms with Crippen molar-refractivity contribution in [2.45, 2.75) is 33.2 Å². The molecule has 0 aliphatic carbocycles. The van der Waals surface area contributed by atoms with Crippen LogP contribution in [0.3, 0.4) is 0 Å². The highest BCUT2D eigenvalue weighted by molar-refractivity contribution is 7.09. The molecule has 3 heteroatoms. The summed E-state index contributed by atoms with van der Waals surface area (Å²) in [6, 6.07) is 4.99. The second-order valence-electron chi connectivity index (χ2n) is 5.04. The fourth-order valence-electron chi connectivity index (χ4n) is 1.76. The van der Waals surface area contributed by atoms with Gasteiger partial charge in [0.15, 0.2) is 0 Å². The van der Waals surface area contributed by atoms with Crippen LogP contribution >= 0.6 is 11.3 Å². The van der Waals surface area contributed by atoms with Crippen molar-refractivity contribution in [3.63, 3.8) is 0 Å². The van der Waals surface area contributed by atoms with Crippen molar-refractivity contribution in [1.29, 1.82) is 0 Å². The second-order valence-corrected chi connectivity index (χ2v) is 6.08. The molecule has 0 bridgehead atoms. The van der Waals surface area contributed by atoms with Crippen LogP contribution in [-0.2, 0) is 6.42 Å². The minimum Gasteiger partial charge on any atom is -0.315 e. The molecule has 2 nitrogen and oxygen atoms in total. The topological polar surface area (TPSA) is 15.3 Å². The Bertz CT molecular complexity index is 282. The maximum Gasteiger partial charge on any atom is 0.0107 e. The third kappa shape index (κ3) is 5.66. The van der Waals surface area contributed by atoms with Crippen LogP contribution in [0.5, 0.6) is 0 Å². The van der Waals surface area contributed by atoms with Gasteiger partial charge in [-0.25, -0.2) is 0 Å². The van der Waals surface area contributed by atoms with Crippen LogP contribution in [0.15, 0.2) is 17.5 Å². The van der Waals surface area contributed by atoms with Gasteiger partial charge in [0, 0.05) is 30.6 Å². The van der Waals surface area contributed by atoms with Crippen LogP contribution in [0.2, 0.25) is 0 Å². The summed E-state index contributed by atoms with van der Waals surface area (Å²) in [5.74, 6) is 0.728. The van der Waals surface area contributed by atoms with Gasteiger partial charge in [-0.3, -0.25) is 0 Å².